The Balaban J connectivity index is 1.81. The van der Waals surface area contributed by atoms with E-state index >= 15 is 0 Å². The topological polar surface area (TPSA) is 66.8 Å². The number of nitrogens with zero attached hydrogens (tertiary/aromatic N) is 1. The van der Waals surface area contributed by atoms with E-state index in [0.717, 1.165) is 29.5 Å². The molecule has 2 heterocycles. The SMILES string of the molecule is Cc1ccc(C(O)=C2C(=O)C(=O)N(C[C@H]3CCCO3)[C@H]2c2ccc(C(C)(C)C)cc2)cc1. The van der Waals surface area contributed by atoms with Crippen LogP contribution in [-0.2, 0) is 19.7 Å². The maximum Gasteiger partial charge on any atom is 0.295 e. The van der Waals surface area contributed by atoms with E-state index in [9.17, 15) is 14.7 Å². The van der Waals surface area contributed by atoms with Crippen molar-refractivity contribution in [1.82, 2.24) is 4.90 Å². The van der Waals surface area contributed by atoms with Crippen LogP contribution in [0.3, 0.4) is 0 Å². The quantitative estimate of drug-likeness (QED) is 0.423. The van der Waals surface area contributed by atoms with E-state index in [2.05, 4.69) is 20.8 Å². The van der Waals surface area contributed by atoms with E-state index in [-0.39, 0.29) is 22.9 Å². The van der Waals surface area contributed by atoms with Crippen LogP contribution in [0, 0.1) is 6.92 Å². The molecule has 2 saturated heterocycles. The Hall–Kier alpha value is -2.92. The molecule has 0 saturated carbocycles. The molecule has 2 atom stereocenters. The van der Waals surface area contributed by atoms with Crippen molar-refractivity contribution >= 4 is 17.4 Å². The number of benzene rings is 2. The van der Waals surface area contributed by atoms with Gasteiger partial charge >= 0.3 is 0 Å². The van der Waals surface area contributed by atoms with Crippen LogP contribution in [0.1, 0.15) is 61.9 Å². The zero-order chi connectivity index (χ0) is 23.0. The highest BCUT2D eigenvalue weighted by Gasteiger charge is 2.47. The molecule has 2 aliphatic rings. The summed E-state index contributed by atoms with van der Waals surface area (Å²) in [5.74, 6) is -1.37. The number of Topliss-reactive ketones (excluding diaryl/α,β-unsaturated/α-hetero) is 1. The van der Waals surface area contributed by atoms with Gasteiger partial charge in [-0.25, -0.2) is 0 Å². The molecule has 0 radical (unpaired) electrons. The smallest absolute Gasteiger partial charge is 0.295 e. The first kappa shape index (κ1) is 22.3. The zero-order valence-electron chi connectivity index (χ0n) is 19.2. The molecule has 0 unspecified atom stereocenters. The molecule has 2 aromatic rings. The molecule has 2 fully saturated rings. The van der Waals surface area contributed by atoms with Crippen LogP contribution in [0.2, 0.25) is 0 Å². The van der Waals surface area contributed by atoms with E-state index in [1.807, 2.05) is 43.3 Å². The summed E-state index contributed by atoms with van der Waals surface area (Å²) in [4.78, 5) is 27.8. The molecule has 4 rings (SSSR count). The molecule has 168 valence electrons. The summed E-state index contributed by atoms with van der Waals surface area (Å²) in [5, 5.41) is 11.1. The van der Waals surface area contributed by atoms with Gasteiger partial charge in [0.05, 0.1) is 17.7 Å². The molecule has 1 amide bonds. The van der Waals surface area contributed by atoms with Crippen LogP contribution in [0.4, 0.5) is 0 Å². The predicted molar refractivity (Wildman–Crippen MR) is 124 cm³/mol. The van der Waals surface area contributed by atoms with Gasteiger partial charge in [-0.2, -0.15) is 0 Å². The lowest BCUT2D eigenvalue weighted by Gasteiger charge is -2.28. The van der Waals surface area contributed by atoms with Crippen LogP contribution in [0.5, 0.6) is 0 Å². The molecule has 0 aromatic heterocycles. The zero-order valence-corrected chi connectivity index (χ0v) is 19.2. The highest BCUT2D eigenvalue weighted by molar-refractivity contribution is 6.46. The van der Waals surface area contributed by atoms with E-state index in [1.165, 1.54) is 0 Å². The summed E-state index contributed by atoms with van der Waals surface area (Å²) in [5.41, 5.74) is 3.68. The highest BCUT2D eigenvalue weighted by atomic mass is 16.5. The molecule has 5 nitrogen and oxygen atoms in total. The van der Waals surface area contributed by atoms with E-state index in [4.69, 9.17) is 4.74 Å². The summed E-state index contributed by atoms with van der Waals surface area (Å²) < 4.78 is 5.76. The Bertz CT molecular complexity index is 1040. The van der Waals surface area contributed by atoms with Crippen molar-refractivity contribution in [3.05, 3.63) is 76.4 Å². The number of aliphatic hydroxyl groups is 1. The summed E-state index contributed by atoms with van der Waals surface area (Å²) in [7, 11) is 0. The lowest BCUT2D eigenvalue weighted by atomic mass is 9.85. The number of carbonyl (C=O) groups is 2. The van der Waals surface area contributed by atoms with Crippen LogP contribution >= 0.6 is 0 Å². The minimum atomic E-state index is -0.647. The standard InChI is InChI=1S/C27H31NO4/c1-17-7-9-19(10-8-17)24(29)22-23(18-11-13-20(14-12-18)27(2,3)4)28(26(31)25(22)30)16-21-6-5-15-32-21/h7-14,21,23,29H,5-6,15-16H2,1-4H3/t21-,23+/m1/s1. The Labute approximate surface area is 189 Å². The Morgan fingerprint density at radius 2 is 1.72 bits per heavy atom. The van der Waals surface area contributed by atoms with Gasteiger partial charge in [-0.05, 0) is 36.3 Å². The number of hydrogen-bond donors (Lipinski definition) is 1. The lowest BCUT2D eigenvalue weighted by molar-refractivity contribution is -0.140. The molecule has 0 spiro atoms. The second kappa shape index (κ2) is 8.55. The van der Waals surface area contributed by atoms with Crippen LogP contribution in [0.25, 0.3) is 5.76 Å². The second-order valence-electron chi connectivity index (χ2n) is 9.82. The lowest BCUT2D eigenvalue weighted by Crippen LogP contribution is -2.36. The van der Waals surface area contributed by atoms with Gasteiger partial charge in [-0.1, -0.05) is 74.9 Å². The maximum atomic E-state index is 13.1. The molecular formula is C27H31NO4. The average Bonchev–Trinajstić information content (AvgIpc) is 3.36. The number of ketones is 1. The van der Waals surface area contributed by atoms with Crippen LogP contribution in [-0.4, -0.2) is 41.0 Å². The number of ether oxygens (including phenoxy) is 1. The normalized spacial score (nSPS) is 23.2. The third-order valence-corrected chi connectivity index (χ3v) is 6.38. The number of hydrogen-bond acceptors (Lipinski definition) is 4. The molecule has 5 heteroatoms. The minimum absolute atomic E-state index is 0.0140. The van der Waals surface area contributed by atoms with Crippen LogP contribution in [0.15, 0.2) is 54.1 Å². The van der Waals surface area contributed by atoms with Crippen molar-refractivity contribution in [3.63, 3.8) is 0 Å². The minimum Gasteiger partial charge on any atom is -0.507 e. The largest absolute Gasteiger partial charge is 0.507 e. The molecular weight excluding hydrogens is 402 g/mol. The molecule has 0 aliphatic carbocycles. The Morgan fingerprint density at radius 1 is 1.06 bits per heavy atom. The molecule has 2 aromatic carbocycles. The first-order valence-electron chi connectivity index (χ1n) is 11.2. The predicted octanol–water partition coefficient (Wildman–Crippen LogP) is 4.89. The van der Waals surface area contributed by atoms with Gasteiger partial charge in [0.2, 0.25) is 0 Å². The fourth-order valence-corrected chi connectivity index (χ4v) is 4.45. The van der Waals surface area contributed by atoms with Crippen molar-refractivity contribution in [1.29, 1.82) is 0 Å². The van der Waals surface area contributed by atoms with Crippen LogP contribution < -0.4 is 0 Å². The maximum absolute atomic E-state index is 13.1. The molecule has 2 aliphatic heterocycles. The van der Waals surface area contributed by atoms with E-state index in [1.54, 1.807) is 17.0 Å². The first-order valence-corrected chi connectivity index (χ1v) is 11.2. The molecule has 32 heavy (non-hydrogen) atoms. The number of amides is 1. The number of aliphatic hydroxyl groups excluding tert-OH is 1. The Morgan fingerprint density at radius 3 is 2.28 bits per heavy atom. The first-order chi connectivity index (χ1) is 15.2. The van der Waals surface area contributed by atoms with Gasteiger partial charge in [-0.15, -0.1) is 0 Å². The van der Waals surface area contributed by atoms with Gasteiger partial charge in [0.15, 0.2) is 0 Å². The van der Waals surface area contributed by atoms with Crippen molar-refractivity contribution < 1.29 is 19.4 Å². The van der Waals surface area contributed by atoms with Gasteiger partial charge in [0, 0.05) is 18.7 Å². The summed E-state index contributed by atoms with van der Waals surface area (Å²) in [6, 6.07) is 14.7. The fraction of sp³-hybridized carbons (Fsp3) is 0.407. The fourth-order valence-electron chi connectivity index (χ4n) is 4.45. The van der Waals surface area contributed by atoms with Crippen molar-refractivity contribution in [2.75, 3.05) is 13.2 Å². The summed E-state index contributed by atoms with van der Waals surface area (Å²) >= 11 is 0. The second-order valence-corrected chi connectivity index (χ2v) is 9.82. The van der Waals surface area contributed by atoms with Crippen molar-refractivity contribution in [3.8, 4) is 0 Å². The van der Waals surface area contributed by atoms with Gasteiger partial charge in [0.25, 0.3) is 11.7 Å². The van der Waals surface area contributed by atoms with Gasteiger partial charge in [0.1, 0.15) is 5.76 Å². The third kappa shape index (κ3) is 4.22. The number of rotatable bonds is 4. The summed E-state index contributed by atoms with van der Waals surface area (Å²) in [6.45, 7) is 9.39. The third-order valence-electron chi connectivity index (χ3n) is 6.38. The van der Waals surface area contributed by atoms with Crippen molar-refractivity contribution in [2.24, 2.45) is 0 Å². The highest BCUT2D eigenvalue weighted by Crippen LogP contribution is 2.40. The molecule has 1 N–H and O–H groups in total. The van der Waals surface area contributed by atoms with Gasteiger partial charge < -0.3 is 14.7 Å². The number of likely N-dealkylation sites (tertiary alicyclic amines) is 1. The molecule has 0 bridgehead atoms. The van der Waals surface area contributed by atoms with E-state index in [0.29, 0.717) is 18.7 Å². The van der Waals surface area contributed by atoms with Gasteiger partial charge in [-0.3, -0.25) is 9.59 Å². The summed E-state index contributed by atoms with van der Waals surface area (Å²) in [6.07, 6.45) is 1.71. The Kier molecular flexibility index (Phi) is 5.95. The monoisotopic (exact) mass is 433 g/mol. The number of carbonyl (C=O) groups excluding carboxylic acids is 2. The average molecular weight is 434 g/mol. The van der Waals surface area contributed by atoms with Crippen molar-refractivity contribution in [2.45, 2.75) is 58.1 Å². The van der Waals surface area contributed by atoms with E-state index < -0.39 is 17.7 Å². The number of aryl methyl sites for hydroxylation is 1.